The number of carbonyl (C=O) groups is 2. The summed E-state index contributed by atoms with van der Waals surface area (Å²) in [6.45, 7) is 2.54. The lowest BCUT2D eigenvalue weighted by molar-refractivity contribution is -0.151. The van der Waals surface area contributed by atoms with Crippen LogP contribution in [0.3, 0.4) is 0 Å². The lowest BCUT2D eigenvalue weighted by Gasteiger charge is -2.59. The first kappa shape index (κ1) is 16.6. The maximum Gasteiger partial charge on any atom is 0.227 e. The van der Waals surface area contributed by atoms with E-state index < -0.39 is 0 Å². The van der Waals surface area contributed by atoms with Crippen LogP contribution in [0.5, 0.6) is 0 Å². The predicted octanol–water partition coefficient (Wildman–Crippen LogP) is 2.29. The van der Waals surface area contributed by atoms with Gasteiger partial charge in [0.2, 0.25) is 11.8 Å². The van der Waals surface area contributed by atoms with Crippen molar-refractivity contribution in [1.82, 2.24) is 4.90 Å². The fourth-order valence-electron chi connectivity index (χ4n) is 4.49. The molecule has 0 unspecified atom stereocenters. The number of benzene rings is 1. The minimum absolute atomic E-state index is 0.000828. The second-order valence-electron chi connectivity index (χ2n) is 7.60. The van der Waals surface area contributed by atoms with Gasteiger partial charge in [-0.3, -0.25) is 9.59 Å². The van der Waals surface area contributed by atoms with Crippen LogP contribution in [0.15, 0.2) is 24.3 Å². The van der Waals surface area contributed by atoms with Crippen LogP contribution in [0, 0.1) is 5.92 Å². The minimum Gasteiger partial charge on any atom is -0.394 e. The molecule has 2 heterocycles. The molecular formula is C20H26N2O3. The summed E-state index contributed by atoms with van der Waals surface area (Å²) in [7, 11) is 0. The first-order valence-electron chi connectivity index (χ1n) is 9.47. The molecule has 2 aliphatic heterocycles. The van der Waals surface area contributed by atoms with Gasteiger partial charge in [0.1, 0.15) is 0 Å². The molecule has 1 saturated heterocycles. The van der Waals surface area contributed by atoms with Gasteiger partial charge in [-0.1, -0.05) is 25.1 Å². The van der Waals surface area contributed by atoms with E-state index in [1.54, 1.807) is 0 Å². The van der Waals surface area contributed by atoms with Crippen molar-refractivity contribution < 1.29 is 14.7 Å². The normalized spacial score (nSPS) is 27.4. The Balaban J connectivity index is 1.64. The molecule has 5 heteroatoms. The second kappa shape index (κ2) is 6.45. The summed E-state index contributed by atoms with van der Waals surface area (Å²) >= 11 is 0. The van der Waals surface area contributed by atoms with E-state index in [-0.39, 0.29) is 36.4 Å². The Morgan fingerprint density at radius 1 is 1.20 bits per heavy atom. The van der Waals surface area contributed by atoms with E-state index in [2.05, 4.69) is 0 Å². The number of aliphatic hydroxyl groups is 1. The molecule has 5 nitrogen and oxygen atoms in total. The number of hydrogen-bond acceptors (Lipinski definition) is 3. The van der Waals surface area contributed by atoms with E-state index in [9.17, 15) is 14.7 Å². The van der Waals surface area contributed by atoms with Crippen molar-refractivity contribution in [3.8, 4) is 0 Å². The smallest absolute Gasteiger partial charge is 0.227 e. The fourth-order valence-corrected chi connectivity index (χ4v) is 4.49. The van der Waals surface area contributed by atoms with E-state index in [0.717, 1.165) is 30.5 Å². The van der Waals surface area contributed by atoms with E-state index >= 15 is 0 Å². The number of rotatable bonds is 5. The van der Waals surface area contributed by atoms with Crippen molar-refractivity contribution in [2.75, 3.05) is 18.1 Å². The molecule has 0 spiro atoms. The number of carbonyl (C=O) groups excluding carboxylic acids is 2. The second-order valence-corrected chi connectivity index (χ2v) is 7.60. The molecule has 1 N–H and O–H groups in total. The highest BCUT2D eigenvalue weighted by molar-refractivity contribution is 5.95. The zero-order valence-corrected chi connectivity index (χ0v) is 14.7. The Morgan fingerprint density at radius 2 is 1.96 bits per heavy atom. The summed E-state index contributed by atoms with van der Waals surface area (Å²) < 4.78 is 0. The van der Waals surface area contributed by atoms with Crippen LogP contribution in [0.1, 0.15) is 50.5 Å². The summed E-state index contributed by atoms with van der Waals surface area (Å²) in [5.41, 5.74) is 2.05. The van der Waals surface area contributed by atoms with Gasteiger partial charge in [0.05, 0.1) is 18.7 Å². The number of para-hydroxylation sites is 1. The van der Waals surface area contributed by atoms with Crippen molar-refractivity contribution in [3.05, 3.63) is 29.8 Å². The van der Waals surface area contributed by atoms with E-state index in [4.69, 9.17) is 0 Å². The summed E-state index contributed by atoms with van der Waals surface area (Å²) in [4.78, 5) is 29.1. The Labute approximate surface area is 148 Å². The maximum absolute atomic E-state index is 12.7. The first-order valence-corrected chi connectivity index (χ1v) is 9.47. The Kier molecular flexibility index (Phi) is 4.28. The molecule has 3 atom stereocenters. The van der Waals surface area contributed by atoms with Gasteiger partial charge in [-0.05, 0) is 36.8 Å². The number of anilines is 1. The van der Waals surface area contributed by atoms with Crippen LogP contribution in [0.25, 0.3) is 0 Å². The molecule has 1 aromatic rings. The highest BCUT2D eigenvalue weighted by Crippen LogP contribution is 2.49. The van der Waals surface area contributed by atoms with Crippen molar-refractivity contribution in [2.24, 2.45) is 5.92 Å². The monoisotopic (exact) mass is 342 g/mol. The van der Waals surface area contributed by atoms with Gasteiger partial charge in [0.15, 0.2) is 0 Å². The SMILES string of the molecule is CCCC(=O)N1C[C@H]2[C@@H](c3ccccc31)[C@@H](CO)N2C(=O)CC1CC1. The van der Waals surface area contributed by atoms with Crippen molar-refractivity contribution >= 4 is 17.5 Å². The van der Waals surface area contributed by atoms with Crippen LogP contribution >= 0.6 is 0 Å². The van der Waals surface area contributed by atoms with E-state index in [1.165, 1.54) is 0 Å². The summed E-state index contributed by atoms with van der Waals surface area (Å²) in [5.74, 6) is 0.926. The molecule has 3 aliphatic rings. The van der Waals surface area contributed by atoms with Gasteiger partial charge in [-0.2, -0.15) is 0 Å². The molecule has 4 rings (SSSR count). The molecule has 25 heavy (non-hydrogen) atoms. The number of likely N-dealkylation sites (tertiary alicyclic amines) is 1. The topological polar surface area (TPSA) is 60.9 Å². The molecule has 1 saturated carbocycles. The first-order chi connectivity index (χ1) is 12.2. The zero-order valence-electron chi connectivity index (χ0n) is 14.7. The summed E-state index contributed by atoms with van der Waals surface area (Å²) in [6.07, 6.45) is 4.20. The average molecular weight is 342 g/mol. The van der Waals surface area contributed by atoms with Crippen molar-refractivity contribution in [3.63, 3.8) is 0 Å². The van der Waals surface area contributed by atoms with Crippen LogP contribution in [-0.2, 0) is 9.59 Å². The third-order valence-corrected chi connectivity index (χ3v) is 5.90. The Bertz CT molecular complexity index is 685. The van der Waals surface area contributed by atoms with Gasteiger partial charge in [0.25, 0.3) is 0 Å². The number of fused-ring (bicyclic) bond motifs is 3. The van der Waals surface area contributed by atoms with Gasteiger partial charge in [-0.25, -0.2) is 0 Å². The van der Waals surface area contributed by atoms with Crippen LogP contribution in [-0.4, -0.2) is 47.1 Å². The molecule has 1 aliphatic carbocycles. The van der Waals surface area contributed by atoms with Crippen LogP contribution < -0.4 is 4.90 Å². The summed E-state index contributed by atoms with van der Waals surface area (Å²) in [6, 6.07) is 7.81. The quantitative estimate of drug-likeness (QED) is 0.893. The molecule has 0 radical (unpaired) electrons. The number of amides is 2. The largest absolute Gasteiger partial charge is 0.394 e. The van der Waals surface area contributed by atoms with Crippen molar-refractivity contribution in [1.29, 1.82) is 0 Å². The Hall–Kier alpha value is -1.88. The highest BCUT2D eigenvalue weighted by Gasteiger charge is 2.55. The molecular weight excluding hydrogens is 316 g/mol. The molecule has 134 valence electrons. The molecule has 0 bridgehead atoms. The van der Waals surface area contributed by atoms with Crippen molar-refractivity contribution in [2.45, 2.75) is 57.0 Å². The average Bonchev–Trinajstić information content (AvgIpc) is 3.39. The number of hydrogen-bond donors (Lipinski definition) is 1. The van der Waals surface area contributed by atoms with Gasteiger partial charge < -0.3 is 14.9 Å². The molecule has 1 aromatic carbocycles. The third-order valence-electron chi connectivity index (χ3n) is 5.90. The van der Waals surface area contributed by atoms with Crippen LogP contribution in [0.2, 0.25) is 0 Å². The highest BCUT2D eigenvalue weighted by atomic mass is 16.3. The third kappa shape index (κ3) is 2.74. The molecule has 0 aromatic heterocycles. The van der Waals surface area contributed by atoms with E-state index in [0.29, 0.717) is 25.3 Å². The lowest BCUT2D eigenvalue weighted by atomic mass is 9.71. The Morgan fingerprint density at radius 3 is 2.64 bits per heavy atom. The maximum atomic E-state index is 12.7. The predicted molar refractivity (Wildman–Crippen MR) is 95.3 cm³/mol. The minimum atomic E-state index is -0.152. The molecule has 2 fully saturated rings. The standard InChI is InChI=1S/C20H26N2O3/c1-2-5-18(24)21-11-16-20(14-6-3-4-7-15(14)21)17(12-23)22(16)19(25)10-13-8-9-13/h3-4,6-7,13,16-17,20,23H,2,5,8-12H2,1H3/t16-,17+,20+/m0/s1. The molecule has 2 amide bonds. The van der Waals surface area contributed by atoms with E-state index in [1.807, 2.05) is 41.0 Å². The van der Waals surface area contributed by atoms with Gasteiger partial charge in [0, 0.05) is 31.0 Å². The summed E-state index contributed by atoms with van der Waals surface area (Å²) in [5, 5.41) is 9.90. The fraction of sp³-hybridized carbons (Fsp3) is 0.600. The number of aliphatic hydroxyl groups excluding tert-OH is 1. The van der Waals surface area contributed by atoms with Crippen LogP contribution in [0.4, 0.5) is 5.69 Å². The van der Waals surface area contributed by atoms with Gasteiger partial charge >= 0.3 is 0 Å². The van der Waals surface area contributed by atoms with Gasteiger partial charge in [-0.15, -0.1) is 0 Å². The number of nitrogens with zero attached hydrogens (tertiary/aromatic N) is 2. The lowest BCUT2D eigenvalue weighted by Crippen LogP contribution is -2.70. The zero-order chi connectivity index (χ0) is 17.6.